The van der Waals surface area contributed by atoms with Crippen molar-refractivity contribution < 1.29 is 4.79 Å². The van der Waals surface area contributed by atoms with Crippen LogP contribution in [0.15, 0.2) is 0 Å². The Morgan fingerprint density at radius 3 is 2.12 bits per heavy atom. The van der Waals surface area contributed by atoms with Crippen molar-refractivity contribution >= 4 is 18.0 Å². The molecule has 1 atom stereocenters. The van der Waals surface area contributed by atoms with Gasteiger partial charge in [0, 0.05) is 11.0 Å². The number of aldehydes is 1. The first-order chi connectivity index (χ1) is 7.81. The Hall–Kier alpha value is 0.0200. The molecule has 0 spiro atoms. The van der Waals surface area contributed by atoms with Crippen LogP contribution in [0.3, 0.4) is 0 Å². The van der Waals surface area contributed by atoms with Crippen LogP contribution in [0.25, 0.3) is 0 Å². The van der Waals surface area contributed by atoms with Crippen molar-refractivity contribution in [3.05, 3.63) is 0 Å². The zero-order valence-electron chi connectivity index (χ0n) is 11.0. The van der Waals surface area contributed by atoms with E-state index in [1.54, 1.807) is 11.8 Å². The highest BCUT2D eigenvalue weighted by molar-refractivity contribution is 8.00. The molecule has 0 amide bonds. The molecule has 0 N–H and O–H groups in total. The first-order valence-electron chi connectivity index (χ1n) is 6.86. The van der Waals surface area contributed by atoms with Gasteiger partial charge < -0.3 is 4.79 Å². The lowest BCUT2D eigenvalue weighted by Crippen LogP contribution is -1.98. The van der Waals surface area contributed by atoms with Crippen molar-refractivity contribution in [1.29, 1.82) is 0 Å². The van der Waals surface area contributed by atoms with E-state index in [1.807, 2.05) is 0 Å². The van der Waals surface area contributed by atoms with Crippen LogP contribution >= 0.6 is 11.8 Å². The number of hydrogen-bond acceptors (Lipinski definition) is 2. The van der Waals surface area contributed by atoms with Crippen molar-refractivity contribution in [3.8, 4) is 0 Å². The van der Waals surface area contributed by atoms with Crippen LogP contribution in [0.2, 0.25) is 0 Å². The smallest absolute Gasteiger partial charge is 0.129 e. The van der Waals surface area contributed by atoms with E-state index in [0.717, 1.165) is 6.29 Å². The van der Waals surface area contributed by atoms with Crippen molar-refractivity contribution in [2.45, 2.75) is 76.9 Å². The first-order valence-corrected chi connectivity index (χ1v) is 7.91. The molecular weight excluding hydrogens is 216 g/mol. The van der Waals surface area contributed by atoms with Crippen LogP contribution in [0.5, 0.6) is 0 Å². The van der Waals surface area contributed by atoms with Crippen molar-refractivity contribution in [3.63, 3.8) is 0 Å². The summed E-state index contributed by atoms with van der Waals surface area (Å²) in [7, 11) is 0. The maximum absolute atomic E-state index is 10.2. The van der Waals surface area contributed by atoms with Gasteiger partial charge in [0.05, 0.1) is 0 Å². The van der Waals surface area contributed by atoms with Gasteiger partial charge in [-0.1, -0.05) is 65.2 Å². The quantitative estimate of drug-likeness (QED) is 0.361. The molecule has 0 aliphatic heterocycles. The third kappa shape index (κ3) is 12.1. The summed E-state index contributed by atoms with van der Waals surface area (Å²) in [6, 6.07) is 0. The number of unbranched alkanes of at least 4 members (excludes halogenated alkanes) is 7. The summed E-state index contributed by atoms with van der Waals surface area (Å²) in [5.41, 5.74) is 0. The molecule has 1 nitrogen and oxygen atoms in total. The minimum absolute atomic E-state index is 0.658. The van der Waals surface area contributed by atoms with Gasteiger partial charge in [0.25, 0.3) is 0 Å². The van der Waals surface area contributed by atoms with Gasteiger partial charge in [-0.2, -0.15) is 11.8 Å². The summed E-state index contributed by atoms with van der Waals surface area (Å²) < 4.78 is 0. The van der Waals surface area contributed by atoms with E-state index in [1.165, 1.54) is 57.8 Å². The molecule has 0 aromatic heterocycles. The van der Waals surface area contributed by atoms with Gasteiger partial charge in [0.15, 0.2) is 0 Å². The molecule has 0 aromatic rings. The van der Waals surface area contributed by atoms with Crippen LogP contribution in [0.4, 0.5) is 0 Å². The topological polar surface area (TPSA) is 17.1 Å². The van der Waals surface area contributed by atoms with Gasteiger partial charge in [-0.3, -0.25) is 0 Å². The summed E-state index contributed by atoms with van der Waals surface area (Å²) in [5, 5.41) is 0.658. The van der Waals surface area contributed by atoms with Crippen LogP contribution in [-0.2, 0) is 4.79 Å². The van der Waals surface area contributed by atoms with Gasteiger partial charge >= 0.3 is 0 Å². The first kappa shape index (κ1) is 16.0. The lowest BCUT2D eigenvalue weighted by Gasteiger charge is -2.08. The zero-order chi connectivity index (χ0) is 12.1. The zero-order valence-corrected chi connectivity index (χ0v) is 11.9. The van der Waals surface area contributed by atoms with Gasteiger partial charge in [-0.25, -0.2) is 0 Å². The molecular formula is C14H28OS. The van der Waals surface area contributed by atoms with Crippen molar-refractivity contribution in [2.24, 2.45) is 0 Å². The van der Waals surface area contributed by atoms with E-state index in [-0.39, 0.29) is 0 Å². The maximum Gasteiger partial charge on any atom is 0.129 e. The highest BCUT2D eigenvalue weighted by atomic mass is 32.2. The Morgan fingerprint density at radius 2 is 1.56 bits per heavy atom. The third-order valence-electron chi connectivity index (χ3n) is 2.91. The molecule has 0 aromatic carbocycles. The lowest BCUT2D eigenvalue weighted by atomic mass is 10.1. The van der Waals surface area contributed by atoms with Gasteiger partial charge in [-0.15, -0.1) is 0 Å². The molecule has 0 heterocycles. The molecule has 0 aliphatic rings. The molecule has 0 fully saturated rings. The van der Waals surface area contributed by atoms with Gasteiger partial charge in [0.1, 0.15) is 6.29 Å². The average Bonchev–Trinajstić information content (AvgIpc) is 2.30. The third-order valence-corrected chi connectivity index (χ3v) is 4.05. The maximum atomic E-state index is 10.2. The molecule has 0 bridgehead atoms. The fourth-order valence-corrected chi connectivity index (χ4v) is 2.59. The van der Waals surface area contributed by atoms with E-state index in [0.29, 0.717) is 11.0 Å². The monoisotopic (exact) mass is 244 g/mol. The summed E-state index contributed by atoms with van der Waals surface area (Å²) in [6.07, 6.45) is 13.4. The van der Waals surface area contributed by atoms with Crippen molar-refractivity contribution in [1.82, 2.24) is 0 Å². The minimum Gasteiger partial charge on any atom is -0.302 e. The molecule has 0 saturated heterocycles. The normalized spacial score (nSPS) is 12.6. The highest BCUT2D eigenvalue weighted by Crippen LogP contribution is 2.17. The number of carbonyl (C=O) groups excluding carboxylic acids is 1. The Kier molecular flexibility index (Phi) is 13.1. The predicted molar refractivity (Wildman–Crippen MR) is 75.2 cm³/mol. The Morgan fingerprint density at radius 1 is 1.00 bits per heavy atom. The second kappa shape index (κ2) is 13.1. The molecule has 0 radical (unpaired) electrons. The fourth-order valence-electron chi connectivity index (χ4n) is 1.85. The lowest BCUT2D eigenvalue weighted by molar-refractivity contribution is -0.105. The van der Waals surface area contributed by atoms with Gasteiger partial charge in [-0.05, 0) is 6.42 Å². The molecule has 0 saturated carbocycles. The second-order valence-electron chi connectivity index (χ2n) is 4.57. The standard InChI is InChI=1S/C14H28OS/c1-3-4-5-6-7-8-9-10-11-14(2)16-13-12-15/h12,14H,3-11,13H2,1-2H3. The molecule has 16 heavy (non-hydrogen) atoms. The number of thioether (sulfide) groups is 1. The minimum atomic E-state index is 0.658. The Balaban J connectivity index is 3.05. The summed E-state index contributed by atoms with van der Waals surface area (Å²) in [4.78, 5) is 10.2. The fraction of sp³-hybridized carbons (Fsp3) is 0.929. The SMILES string of the molecule is CCCCCCCCCCC(C)SCC=O. The van der Waals surface area contributed by atoms with E-state index < -0.39 is 0 Å². The van der Waals surface area contributed by atoms with Crippen LogP contribution in [0, 0.1) is 0 Å². The second-order valence-corrected chi connectivity index (χ2v) is 6.05. The highest BCUT2D eigenvalue weighted by Gasteiger charge is 2.01. The largest absolute Gasteiger partial charge is 0.302 e. The van der Waals surface area contributed by atoms with E-state index in [2.05, 4.69) is 13.8 Å². The average molecular weight is 244 g/mol. The van der Waals surface area contributed by atoms with E-state index in [4.69, 9.17) is 0 Å². The summed E-state index contributed by atoms with van der Waals surface area (Å²) in [6.45, 7) is 4.49. The number of hydrogen-bond donors (Lipinski definition) is 0. The Labute approximate surface area is 106 Å². The summed E-state index contributed by atoms with van der Waals surface area (Å²) >= 11 is 1.78. The van der Waals surface area contributed by atoms with Crippen LogP contribution < -0.4 is 0 Å². The Bertz CT molecular complexity index is 148. The molecule has 0 rings (SSSR count). The predicted octanol–water partition coefficient (Wildman–Crippen LogP) is 4.84. The number of carbonyl (C=O) groups is 1. The van der Waals surface area contributed by atoms with E-state index >= 15 is 0 Å². The summed E-state index contributed by atoms with van der Waals surface area (Å²) in [5.74, 6) is 0.665. The van der Waals surface area contributed by atoms with Crippen LogP contribution in [0.1, 0.15) is 71.6 Å². The molecule has 1 unspecified atom stereocenters. The van der Waals surface area contributed by atoms with Crippen LogP contribution in [-0.4, -0.2) is 17.3 Å². The van der Waals surface area contributed by atoms with E-state index in [9.17, 15) is 4.79 Å². The molecule has 2 heteroatoms. The molecule has 0 aliphatic carbocycles. The number of rotatable bonds is 12. The van der Waals surface area contributed by atoms with Gasteiger partial charge in [0.2, 0.25) is 0 Å². The molecule has 96 valence electrons. The van der Waals surface area contributed by atoms with Crippen molar-refractivity contribution in [2.75, 3.05) is 5.75 Å².